The Labute approximate surface area is 73.4 Å². The first-order valence-electron chi connectivity index (χ1n) is 4.16. The topological polar surface area (TPSA) is 27.1 Å². The molecule has 3 nitrogen and oxygen atoms in total. The van der Waals surface area contributed by atoms with Crippen LogP contribution < -0.4 is 0 Å². The molecule has 0 fully saturated rings. The maximum Gasteiger partial charge on any atom is 0.0952 e. The van der Waals surface area contributed by atoms with Gasteiger partial charge in [0.2, 0.25) is 0 Å². The number of methoxy groups -OCH3 is 1. The Morgan fingerprint density at radius 3 is 2.67 bits per heavy atom. The van der Waals surface area contributed by atoms with Gasteiger partial charge in [-0.2, -0.15) is 0 Å². The molecule has 0 radical (unpaired) electrons. The van der Waals surface area contributed by atoms with Gasteiger partial charge in [0.15, 0.2) is 0 Å². The van der Waals surface area contributed by atoms with Gasteiger partial charge in [-0.25, -0.2) is 4.98 Å². The van der Waals surface area contributed by atoms with Crippen molar-refractivity contribution < 1.29 is 4.74 Å². The Balaban J connectivity index is 2.69. The number of hydrogen-bond acceptors (Lipinski definition) is 2. The molecule has 0 aliphatic rings. The summed E-state index contributed by atoms with van der Waals surface area (Å²) >= 11 is 0. The van der Waals surface area contributed by atoms with Crippen molar-refractivity contribution in [3.8, 4) is 0 Å². The highest BCUT2D eigenvalue weighted by Crippen LogP contribution is 2.05. The molecule has 1 rings (SSSR count). The summed E-state index contributed by atoms with van der Waals surface area (Å²) in [4.78, 5) is 4.21. The Hall–Kier alpha value is -0.830. The molecule has 0 saturated carbocycles. The van der Waals surface area contributed by atoms with Gasteiger partial charge in [0.1, 0.15) is 0 Å². The third kappa shape index (κ3) is 1.85. The predicted octanol–water partition coefficient (Wildman–Crippen LogP) is 1.53. The minimum absolute atomic E-state index is 0.247. The minimum atomic E-state index is 0.247. The van der Waals surface area contributed by atoms with Crippen LogP contribution in [-0.4, -0.2) is 22.8 Å². The monoisotopic (exact) mass is 168 g/mol. The van der Waals surface area contributed by atoms with E-state index in [0.717, 1.165) is 12.2 Å². The highest BCUT2D eigenvalue weighted by atomic mass is 16.5. The summed E-state index contributed by atoms with van der Waals surface area (Å²) < 4.78 is 7.28. The molecule has 12 heavy (non-hydrogen) atoms. The molecule has 0 spiro atoms. The molecule has 0 saturated heterocycles. The van der Waals surface area contributed by atoms with E-state index in [0.29, 0.717) is 0 Å². The molecule has 1 atom stereocenters. The molecular weight excluding hydrogens is 152 g/mol. The van der Waals surface area contributed by atoms with Crippen molar-refractivity contribution in [3.63, 3.8) is 0 Å². The van der Waals surface area contributed by atoms with Gasteiger partial charge in [0.05, 0.1) is 18.1 Å². The number of imidazole rings is 1. The molecule has 0 amide bonds. The van der Waals surface area contributed by atoms with E-state index in [1.807, 2.05) is 13.3 Å². The third-order valence-corrected chi connectivity index (χ3v) is 2.20. The zero-order valence-electron chi connectivity index (χ0n) is 8.16. The molecule has 1 heterocycles. The first kappa shape index (κ1) is 9.26. The van der Waals surface area contributed by atoms with Crippen LogP contribution in [-0.2, 0) is 11.3 Å². The SMILES string of the molecule is COC(C)Cn1cnc(C)c1C. The quantitative estimate of drug-likeness (QED) is 0.684. The summed E-state index contributed by atoms with van der Waals surface area (Å²) in [7, 11) is 1.73. The molecule has 0 aromatic carbocycles. The lowest BCUT2D eigenvalue weighted by atomic mass is 10.3. The molecule has 0 N–H and O–H groups in total. The van der Waals surface area contributed by atoms with Crippen molar-refractivity contribution in [3.05, 3.63) is 17.7 Å². The van der Waals surface area contributed by atoms with Crippen molar-refractivity contribution in [2.75, 3.05) is 7.11 Å². The highest BCUT2D eigenvalue weighted by molar-refractivity contribution is 5.08. The normalized spacial score (nSPS) is 13.3. The second-order valence-electron chi connectivity index (χ2n) is 3.11. The summed E-state index contributed by atoms with van der Waals surface area (Å²) in [6.45, 7) is 7.02. The number of hydrogen-bond donors (Lipinski definition) is 0. The van der Waals surface area contributed by atoms with E-state index in [1.54, 1.807) is 7.11 Å². The average molecular weight is 168 g/mol. The van der Waals surface area contributed by atoms with E-state index in [1.165, 1.54) is 5.69 Å². The smallest absolute Gasteiger partial charge is 0.0952 e. The van der Waals surface area contributed by atoms with Gasteiger partial charge in [-0.1, -0.05) is 0 Å². The molecule has 68 valence electrons. The van der Waals surface area contributed by atoms with Crippen molar-refractivity contribution in [1.82, 2.24) is 9.55 Å². The Bertz CT molecular complexity index is 255. The van der Waals surface area contributed by atoms with Crippen LogP contribution in [0.4, 0.5) is 0 Å². The van der Waals surface area contributed by atoms with Crippen molar-refractivity contribution in [2.45, 2.75) is 33.4 Å². The van der Waals surface area contributed by atoms with Gasteiger partial charge in [-0.3, -0.25) is 0 Å². The standard InChI is InChI=1S/C9H16N2O/c1-7(12-4)5-11-6-10-8(2)9(11)3/h6-7H,5H2,1-4H3. The fourth-order valence-corrected chi connectivity index (χ4v) is 1.08. The lowest BCUT2D eigenvalue weighted by Gasteiger charge is -2.11. The number of nitrogens with zero attached hydrogens (tertiary/aromatic N) is 2. The molecule has 0 aliphatic heterocycles. The minimum Gasteiger partial charge on any atom is -0.380 e. The average Bonchev–Trinajstić information content (AvgIpc) is 2.36. The molecular formula is C9H16N2O. The summed E-state index contributed by atoms with van der Waals surface area (Å²) in [6.07, 6.45) is 2.11. The Morgan fingerprint density at radius 2 is 2.25 bits per heavy atom. The summed E-state index contributed by atoms with van der Waals surface area (Å²) in [5.74, 6) is 0. The van der Waals surface area contributed by atoms with E-state index in [-0.39, 0.29) is 6.10 Å². The van der Waals surface area contributed by atoms with Gasteiger partial charge < -0.3 is 9.30 Å². The van der Waals surface area contributed by atoms with Crippen LogP contribution in [0.25, 0.3) is 0 Å². The largest absolute Gasteiger partial charge is 0.380 e. The van der Waals surface area contributed by atoms with E-state index in [4.69, 9.17) is 4.74 Å². The predicted molar refractivity (Wildman–Crippen MR) is 48.2 cm³/mol. The van der Waals surface area contributed by atoms with E-state index in [9.17, 15) is 0 Å². The van der Waals surface area contributed by atoms with Crippen molar-refractivity contribution in [1.29, 1.82) is 0 Å². The Kier molecular flexibility index (Phi) is 2.87. The molecule has 1 aromatic rings. The number of rotatable bonds is 3. The number of aromatic nitrogens is 2. The summed E-state index contributed by atoms with van der Waals surface area (Å²) in [5.41, 5.74) is 2.32. The van der Waals surface area contributed by atoms with Crippen molar-refractivity contribution >= 4 is 0 Å². The van der Waals surface area contributed by atoms with Crippen LogP contribution in [0.3, 0.4) is 0 Å². The van der Waals surface area contributed by atoms with E-state index < -0.39 is 0 Å². The van der Waals surface area contributed by atoms with Crippen LogP contribution in [0.2, 0.25) is 0 Å². The lowest BCUT2D eigenvalue weighted by molar-refractivity contribution is 0.103. The van der Waals surface area contributed by atoms with Crippen LogP contribution >= 0.6 is 0 Å². The van der Waals surface area contributed by atoms with Gasteiger partial charge in [0.25, 0.3) is 0 Å². The second-order valence-corrected chi connectivity index (χ2v) is 3.11. The number of ether oxygens (including phenoxy) is 1. The third-order valence-electron chi connectivity index (χ3n) is 2.20. The van der Waals surface area contributed by atoms with Gasteiger partial charge in [-0.05, 0) is 20.8 Å². The Morgan fingerprint density at radius 1 is 1.58 bits per heavy atom. The van der Waals surface area contributed by atoms with Crippen LogP contribution in [0.15, 0.2) is 6.33 Å². The van der Waals surface area contributed by atoms with E-state index >= 15 is 0 Å². The van der Waals surface area contributed by atoms with Crippen LogP contribution in [0.5, 0.6) is 0 Å². The maximum absolute atomic E-state index is 5.17. The molecule has 1 aromatic heterocycles. The molecule has 0 aliphatic carbocycles. The number of aryl methyl sites for hydroxylation is 1. The first-order valence-corrected chi connectivity index (χ1v) is 4.16. The molecule has 1 unspecified atom stereocenters. The van der Waals surface area contributed by atoms with Gasteiger partial charge >= 0.3 is 0 Å². The fourth-order valence-electron chi connectivity index (χ4n) is 1.08. The molecule has 3 heteroatoms. The maximum atomic E-state index is 5.17. The molecule has 0 bridgehead atoms. The van der Waals surface area contributed by atoms with Gasteiger partial charge in [0, 0.05) is 19.3 Å². The van der Waals surface area contributed by atoms with Crippen LogP contribution in [0.1, 0.15) is 18.3 Å². The summed E-state index contributed by atoms with van der Waals surface area (Å²) in [5, 5.41) is 0. The van der Waals surface area contributed by atoms with Crippen molar-refractivity contribution in [2.24, 2.45) is 0 Å². The fraction of sp³-hybridized carbons (Fsp3) is 0.667. The highest BCUT2D eigenvalue weighted by Gasteiger charge is 2.05. The first-order chi connectivity index (χ1) is 5.65. The summed E-state index contributed by atoms with van der Waals surface area (Å²) in [6, 6.07) is 0. The second kappa shape index (κ2) is 3.72. The zero-order chi connectivity index (χ0) is 9.14. The lowest BCUT2D eigenvalue weighted by Crippen LogP contribution is -2.14. The zero-order valence-corrected chi connectivity index (χ0v) is 8.16. The van der Waals surface area contributed by atoms with Crippen LogP contribution in [0, 0.1) is 13.8 Å². The van der Waals surface area contributed by atoms with E-state index in [2.05, 4.69) is 23.4 Å². The van der Waals surface area contributed by atoms with Gasteiger partial charge in [-0.15, -0.1) is 0 Å².